The minimum absolute atomic E-state index is 0.622. The van der Waals surface area contributed by atoms with Crippen LogP contribution >= 0.6 is 0 Å². The number of furan rings is 1. The zero-order valence-electron chi connectivity index (χ0n) is 25.4. The fourth-order valence-electron chi connectivity index (χ4n) is 6.43. The summed E-state index contributed by atoms with van der Waals surface area (Å²) in [7, 11) is 0. The molecule has 0 saturated heterocycles. The molecule has 0 aliphatic heterocycles. The standard InChI is InChI=1S/C43H28N2O2/c1-3-11-29(12-4-1)32-15-9-16-34(27-32)45(35-25-26-40-38(28-35)37-17-7-8-19-39(37)46-40)33-23-21-30(22-24-33)36-18-10-20-41-42(36)44-43(47-41)31-13-5-2-6-14-31/h1-28H. The maximum absolute atomic E-state index is 6.17. The molecule has 2 heterocycles. The molecule has 9 rings (SSSR count). The fourth-order valence-corrected chi connectivity index (χ4v) is 6.43. The van der Waals surface area contributed by atoms with Crippen molar-refractivity contribution in [2.75, 3.05) is 4.90 Å². The predicted molar refractivity (Wildman–Crippen MR) is 192 cm³/mol. The average Bonchev–Trinajstić information content (AvgIpc) is 3.75. The average molecular weight is 605 g/mol. The van der Waals surface area contributed by atoms with E-state index >= 15 is 0 Å². The van der Waals surface area contributed by atoms with Gasteiger partial charge in [-0.3, -0.25) is 0 Å². The SMILES string of the molecule is c1ccc(-c2cccc(N(c3ccc(-c4cccc5oc(-c6ccccc6)nc45)cc3)c3ccc4oc5ccccc5c4c3)c2)cc1. The summed E-state index contributed by atoms with van der Waals surface area (Å²) in [5, 5.41) is 2.19. The molecule has 0 radical (unpaired) electrons. The van der Waals surface area contributed by atoms with Crippen LogP contribution in [0.5, 0.6) is 0 Å². The van der Waals surface area contributed by atoms with Gasteiger partial charge in [0.05, 0.1) is 0 Å². The van der Waals surface area contributed by atoms with Gasteiger partial charge < -0.3 is 13.7 Å². The minimum atomic E-state index is 0.622. The molecule has 2 aromatic heterocycles. The van der Waals surface area contributed by atoms with E-state index in [1.54, 1.807) is 0 Å². The Hall–Kier alpha value is -6.39. The van der Waals surface area contributed by atoms with Crippen LogP contribution in [-0.2, 0) is 0 Å². The Morgan fingerprint density at radius 2 is 1.02 bits per heavy atom. The first-order valence-corrected chi connectivity index (χ1v) is 15.7. The van der Waals surface area contributed by atoms with E-state index in [0.29, 0.717) is 5.89 Å². The molecule has 0 amide bonds. The second-order valence-corrected chi connectivity index (χ2v) is 11.6. The molecule has 0 aliphatic carbocycles. The molecular weight excluding hydrogens is 576 g/mol. The van der Waals surface area contributed by atoms with Gasteiger partial charge in [0.2, 0.25) is 5.89 Å². The van der Waals surface area contributed by atoms with Gasteiger partial charge in [-0.15, -0.1) is 0 Å². The third-order valence-electron chi connectivity index (χ3n) is 8.71. The maximum Gasteiger partial charge on any atom is 0.227 e. The van der Waals surface area contributed by atoms with Gasteiger partial charge in [0.25, 0.3) is 0 Å². The molecule has 0 spiro atoms. The van der Waals surface area contributed by atoms with Gasteiger partial charge in [-0.25, -0.2) is 4.98 Å². The van der Waals surface area contributed by atoms with Crippen LogP contribution in [0.4, 0.5) is 17.1 Å². The van der Waals surface area contributed by atoms with Crippen LogP contribution in [0.1, 0.15) is 0 Å². The number of rotatable bonds is 6. The van der Waals surface area contributed by atoms with Gasteiger partial charge >= 0.3 is 0 Å². The fraction of sp³-hybridized carbons (Fsp3) is 0. The normalized spacial score (nSPS) is 11.4. The predicted octanol–water partition coefficient (Wildman–Crippen LogP) is 12.2. The van der Waals surface area contributed by atoms with E-state index in [1.807, 2.05) is 60.7 Å². The second kappa shape index (κ2) is 11.2. The van der Waals surface area contributed by atoms with E-state index in [2.05, 4.69) is 114 Å². The van der Waals surface area contributed by atoms with E-state index in [1.165, 1.54) is 5.56 Å². The Labute approximate surface area is 271 Å². The molecule has 0 bridgehead atoms. The summed E-state index contributed by atoms with van der Waals surface area (Å²) in [5.74, 6) is 0.622. The zero-order chi connectivity index (χ0) is 31.2. The monoisotopic (exact) mass is 604 g/mol. The number of benzene rings is 7. The van der Waals surface area contributed by atoms with Crippen LogP contribution in [0.25, 0.3) is 66.7 Å². The molecule has 4 nitrogen and oxygen atoms in total. The number of hydrogen-bond donors (Lipinski definition) is 0. The number of fused-ring (bicyclic) bond motifs is 4. The molecule has 0 atom stereocenters. The summed E-state index contributed by atoms with van der Waals surface area (Å²) in [6.45, 7) is 0. The molecule has 9 aromatic rings. The highest BCUT2D eigenvalue weighted by molar-refractivity contribution is 6.06. The molecular formula is C43H28N2O2. The lowest BCUT2D eigenvalue weighted by Gasteiger charge is -2.26. The Balaban J connectivity index is 1.17. The highest BCUT2D eigenvalue weighted by atomic mass is 16.3. The molecule has 0 N–H and O–H groups in total. The van der Waals surface area contributed by atoms with Gasteiger partial charge in [-0.05, 0) is 83.4 Å². The van der Waals surface area contributed by atoms with Gasteiger partial charge in [-0.2, -0.15) is 0 Å². The zero-order valence-corrected chi connectivity index (χ0v) is 25.4. The summed E-state index contributed by atoms with van der Waals surface area (Å²) < 4.78 is 12.3. The molecule has 0 aliphatic rings. The summed E-state index contributed by atoms with van der Waals surface area (Å²) in [5.41, 5.74) is 11.9. The van der Waals surface area contributed by atoms with Crippen molar-refractivity contribution in [3.63, 3.8) is 0 Å². The van der Waals surface area contributed by atoms with Crippen LogP contribution in [0, 0.1) is 0 Å². The largest absolute Gasteiger partial charge is 0.456 e. The summed E-state index contributed by atoms with van der Waals surface area (Å²) in [6.07, 6.45) is 0. The van der Waals surface area contributed by atoms with Gasteiger partial charge in [-0.1, -0.05) is 103 Å². The van der Waals surface area contributed by atoms with Crippen molar-refractivity contribution in [2.45, 2.75) is 0 Å². The highest BCUT2D eigenvalue weighted by Gasteiger charge is 2.18. The van der Waals surface area contributed by atoms with E-state index in [-0.39, 0.29) is 0 Å². The smallest absolute Gasteiger partial charge is 0.227 e. The van der Waals surface area contributed by atoms with Crippen molar-refractivity contribution in [1.29, 1.82) is 0 Å². The third kappa shape index (κ3) is 4.84. The minimum Gasteiger partial charge on any atom is -0.456 e. The van der Waals surface area contributed by atoms with Crippen LogP contribution in [0.15, 0.2) is 179 Å². The number of oxazole rings is 1. The van der Waals surface area contributed by atoms with Crippen LogP contribution in [0.2, 0.25) is 0 Å². The second-order valence-electron chi connectivity index (χ2n) is 11.6. The number of nitrogens with zero attached hydrogens (tertiary/aromatic N) is 2. The molecule has 0 fully saturated rings. The van der Waals surface area contributed by atoms with Crippen molar-refractivity contribution < 1.29 is 8.83 Å². The quantitative estimate of drug-likeness (QED) is 0.189. The van der Waals surface area contributed by atoms with E-state index < -0.39 is 0 Å². The maximum atomic E-state index is 6.17. The topological polar surface area (TPSA) is 42.4 Å². The molecule has 7 aromatic carbocycles. The summed E-state index contributed by atoms with van der Waals surface area (Å²) >= 11 is 0. The number of hydrogen-bond acceptors (Lipinski definition) is 4. The van der Waals surface area contributed by atoms with E-state index in [0.717, 1.165) is 72.4 Å². The van der Waals surface area contributed by atoms with Crippen molar-refractivity contribution in [3.05, 3.63) is 170 Å². The van der Waals surface area contributed by atoms with Gasteiger partial charge in [0, 0.05) is 39.0 Å². The molecule has 47 heavy (non-hydrogen) atoms. The Bertz CT molecular complexity index is 2510. The lowest BCUT2D eigenvalue weighted by molar-refractivity contribution is 0.620. The molecule has 0 saturated carbocycles. The van der Waals surface area contributed by atoms with E-state index in [4.69, 9.17) is 13.8 Å². The lowest BCUT2D eigenvalue weighted by Crippen LogP contribution is -2.10. The summed E-state index contributed by atoms with van der Waals surface area (Å²) in [6, 6.07) is 58.7. The first kappa shape index (κ1) is 27.0. The number of para-hydroxylation sites is 2. The Kier molecular flexibility index (Phi) is 6.43. The third-order valence-corrected chi connectivity index (χ3v) is 8.71. The van der Waals surface area contributed by atoms with Crippen LogP contribution in [0.3, 0.4) is 0 Å². The first-order chi connectivity index (χ1) is 23.3. The van der Waals surface area contributed by atoms with Crippen LogP contribution < -0.4 is 4.90 Å². The van der Waals surface area contributed by atoms with Crippen molar-refractivity contribution in [3.8, 4) is 33.7 Å². The van der Waals surface area contributed by atoms with Crippen LogP contribution in [-0.4, -0.2) is 4.98 Å². The van der Waals surface area contributed by atoms with Gasteiger partial charge in [0.1, 0.15) is 16.7 Å². The molecule has 222 valence electrons. The summed E-state index contributed by atoms with van der Waals surface area (Å²) in [4.78, 5) is 7.22. The number of anilines is 3. The van der Waals surface area contributed by atoms with Crippen molar-refractivity contribution >= 4 is 50.1 Å². The molecule has 0 unspecified atom stereocenters. The van der Waals surface area contributed by atoms with E-state index in [9.17, 15) is 0 Å². The van der Waals surface area contributed by atoms with Crippen molar-refractivity contribution in [2.24, 2.45) is 0 Å². The Morgan fingerprint density at radius 1 is 0.383 bits per heavy atom. The van der Waals surface area contributed by atoms with Crippen molar-refractivity contribution in [1.82, 2.24) is 4.98 Å². The Morgan fingerprint density at radius 3 is 1.85 bits per heavy atom. The first-order valence-electron chi connectivity index (χ1n) is 15.7. The van der Waals surface area contributed by atoms with Gasteiger partial charge in [0.15, 0.2) is 5.58 Å². The molecule has 4 heteroatoms. The highest BCUT2D eigenvalue weighted by Crippen LogP contribution is 2.41. The number of aromatic nitrogens is 1. The lowest BCUT2D eigenvalue weighted by atomic mass is 10.0.